The third kappa shape index (κ3) is 4.86. The number of hydrogen-bond acceptors (Lipinski definition) is 3. The SMILES string of the molecule is CN=C(NCC(C)Cn1nc(C)cc1C)N1CCC(c2ccc(OC)cc2)C1. The number of methoxy groups -OCH3 is 1. The fourth-order valence-electron chi connectivity index (χ4n) is 3.92. The predicted octanol–water partition coefficient (Wildman–Crippen LogP) is 3.21. The highest BCUT2D eigenvalue weighted by Gasteiger charge is 2.26. The largest absolute Gasteiger partial charge is 0.497 e. The zero-order valence-corrected chi connectivity index (χ0v) is 17.8. The predicted molar refractivity (Wildman–Crippen MR) is 114 cm³/mol. The van der Waals surface area contributed by atoms with Gasteiger partial charge in [-0.3, -0.25) is 9.67 Å². The maximum Gasteiger partial charge on any atom is 0.193 e. The standard InChI is InChI=1S/C22H33N5O/c1-16(14-27-18(3)12-17(2)25-27)13-24-22(23-4)26-11-10-20(15-26)19-6-8-21(28-5)9-7-19/h6-9,12,16,20H,10-11,13-15H2,1-5H3,(H,23,24). The first-order valence-electron chi connectivity index (χ1n) is 10.1. The van der Waals surface area contributed by atoms with Gasteiger partial charge in [-0.15, -0.1) is 0 Å². The molecule has 0 saturated carbocycles. The normalized spacial score (nSPS) is 18.4. The second-order valence-corrected chi connectivity index (χ2v) is 7.85. The Morgan fingerprint density at radius 1 is 1.32 bits per heavy atom. The number of aromatic nitrogens is 2. The number of hydrogen-bond donors (Lipinski definition) is 1. The van der Waals surface area contributed by atoms with Gasteiger partial charge in [0.2, 0.25) is 0 Å². The summed E-state index contributed by atoms with van der Waals surface area (Å²) in [5.74, 6) is 2.91. The van der Waals surface area contributed by atoms with E-state index in [4.69, 9.17) is 4.74 Å². The molecule has 1 aromatic carbocycles. The Morgan fingerprint density at radius 2 is 2.07 bits per heavy atom. The molecule has 0 spiro atoms. The van der Waals surface area contributed by atoms with E-state index in [1.807, 2.05) is 26.1 Å². The fourth-order valence-corrected chi connectivity index (χ4v) is 3.92. The Labute approximate surface area is 168 Å². The van der Waals surface area contributed by atoms with Gasteiger partial charge in [-0.05, 0) is 49.9 Å². The summed E-state index contributed by atoms with van der Waals surface area (Å²) < 4.78 is 7.37. The van der Waals surface area contributed by atoms with Crippen LogP contribution in [0.1, 0.15) is 36.2 Å². The molecule has 1 saturated heterocycles. The van der Waals surface area contributed by atoms with E-state index in [1.165, 1.54) is 11.3 Å². The number of aryl methyl sites for hydroxylation is 2. The Morgan fingerprint density at radius 3 is 2.68 bits per heavy atom. The summed E-state index contributed by atoms with van der Waals surface area (Å²) in [4.78, 5) is 6.88. The Kier molecular flexibility index (Phi) is 6.60. The molecule has 1 aromatic heterocycles. The van der Waals surface area contributed by atoms with E-state index < -0.39 is 0 Å². The monoisotopic (exact) mass is 383 g/mol. The van der Waals surface area contributed by atoms with Crippen LogP contribution in [0.15, 0.2) is 35.3 Å². The number of guanidine groups is 1. The number of aliphatic imine (C=N–C) groups is 1. The average Bonchev–Trinajstić information content (AvgIpc) is 3.29. The van der Waals surface area contributed by atoms with Gasteiger partial charge >= 0.3 is 0 Å². The van der Waals surface area contributed by atoms with Crippen molar-refractivity contribution < 1.29 is 4.74 Å². The third-order valence-electron chi connectivity index (χ3n) is 5.48. The summed E-state index contributed by atoms with van der Waals surface area (Å²) >= 11 is 0. The first-order valence-corrected chi connectivity index (χ1v) is 10.1. The summed E-state index contributed by atoms with van der Waals surface area (Å²) in [6, 6.07) is 10.6. The van der Waals surface area contributed by atoms with E-state index in [2.05, 4.69) is 57.0 Å². The second-order valence-electron chi connectivity index (χ2n) is 7.85. The summed E-state index contributed by atoms with van der Waals surface area (Å²) in [6.07, 6.45) is 1.15. The number of nitrogens with zero attached hydrogens (tertiary/aromatic N) is 4. The lowest BCUT2D eigenvalue weighted by Gasteiger charge is -2.23. The molecule has 6 nitrogen and oxygen atoms in total. The van der Waals surface area contributed by atoms with Crippen LogP contribution in [-0.2, 0) is 6.54 Å². The van der Waals surface area contributed by atoms with Crippen LogP contribution in [0.2, 0.25) is 0 Å². The number of likely N-dealkylation sites (tertiary alicyclic amines) is 1. The smallest absolute Gasteiger partial charge is 0.193 e. The molecule has 0 amide bonds. The number of rotatable bonds is 6. The van der Waals surface area contributed by atoms with E-state index in [9.17, 15) is 0 Å². The van der Waals surface area contributed by atoms with Gasteiger partial charge in [0.1, 0.15) is 5.75 Å². The van der Waals surface area contributed by atoms with Gasteiger partial charge in [0, 0.05) is 44.8 Å². The van der Waals surface area contributed by atoms with Crippen molar-refractivity contribution in [2.24, 2.45) is 10.9 Å². The second kappa shape index (κ2) is 9.13. The molecule has 0 aliphatic carbocycles. The van der Waals surface area contributed by atoms with Crippen LogP contribution in [-0.4, -0.2) is 54.4 Å². The van der Waals surface area contributed by atoms with Crippen LogP contribution in [0.25, 0.3) is 0 Å². The molecule has 152 valence electrons. The minimum Gasteiger partial charge on any atom is -0.497 e. The summed E-state index contributed by atoms with van der Waals surface area (Å²) in [7, 11) is 3.58. The van der Waals surface area contributed by atoms with Crippen molar-refractivity contribution >= 4 is 5.96 Å². The Hall–Kier alpha value is -2.50. The molecule has 28 heavy (non-hydrogen) atoms. The van der Waals surface area contributed by atoms with Crippen molar-refractivity contribution in [3.63, 3.8) is 0 Å². The molecular formula is C22H33N5O. The highest BCUT2D eigenvalue weighted by Crippen LogP contribution is 2.28. The molecule has 2 aromatic rings. The number of benzene rings is 1. The zero-order valence-electron chi connectivity index (χ0n) is 17.8. The molecule has 1 fully saturated rings. The molecule has 1 N–H and O–H groups in total. The van der Waals surface area contributed by atoms with Crippen LogP contribution < -0.4 is 10.1 Å². The van der Waals surface area contributed by atoms with Crippen LogP contribution in [0.3, 0.4) is 0 Å². The molecule has 1 aliphatic rings. The average molecular weight is 384 g/mol. The first-order chi connectivity index (χ1) is 13.5. The van der Waals surface area contributed by atoms with Crippen molar-refractivity contribution in [3.05, 3.63) is 47.3 Å². The maximum atomic E-state index is 5.27. The van der Waals surface area contributed by atoms with E-state index in [0.29, 0.717) is 11.8 Å². The molecule has 1 aliphatic heterocycles. The molecule has 6 heteroatoms. The minimum atomic E-state index is 0.467. The lowest BCUT2D eigenvalue weighted by molar-refractivity contribution is 0.414. The Bertz CT molecular complexity index is 796. The van der Waals surface area contributed by atoms with Gasteiger partial charge < -0.3 is 15.0 Å². The van der Waals surface area contributed by atoms with E-state index in [0.717, 1.165) is 50.0 Å². The van der Waals surface area contributed by atoms with Crippen molar-refractivity contribution in [2.75, 3.05) is 33.8 Å². The van der Waals surface area contributed by atoms with E-state index >= 15 is 0 Å². The van der Waals surface area contributed by atoms with Crippen molar-refractivity contribution in [1.82, 2.24) is 20.0 Å². The highest BCUT2D eigenvalue weighted by molar-refractivity contribution is 5.80. The first kappa shape index (κ1) is 20.2. The van der Waals surface area contributed by atoms with Gasteiger partial charge in [0.25, 0.3) is 0 Å². The van der Waals surface area contributed by atoms with Crippen molar-refractivity contribution in [2.45, 2.75) is 39.7 Å². The lowest BCUT2D eigenvalue weighted by atomic mass is 9.98. The van der Waals surface area contributed by atoms with Crippen LogP contribution >= 0.6 is 0 Å². The van der Waals surface area contributed by atoms with Crippen molar-refractivity contribution in [3.8, 4) is 5.75 Å². The number of nitrogens with one attached hydrogen (secondary N) is 1. The Balaban J connectivity index is 1.51. The van der Waals surface area contributed by atoms with Gasteiger partial charge in [0.05, 0.1) is 12.8 Å². The molecule has 0 radical (unpaired) electrons. The van der Waals surface area contributed by atoms with Gasteiger partial charge in [0.15, 0.2) is 5.96 Å². The van der Waals surface area contributed by atoms with Gasteiger partial charge in [-0.25, -0.2) is 0 Å². The van der Waals surface area contributed by atoms with Gasteiger partial charge in [-0.2, -0.15) is 5.10 Å². The van der Waals surface area contributed by atoms with E-state index in [-0.39, 0.29) is 0 Å². The molecule has 2 unspecified atom stereocenters. The summed E-state index contributed by atoms with van der Waals surface area (Å²) in [6.45, 7) is 10.2. The van der Waals surface area contributed by atoms with Crippen molar-refractivity contribution in [1.29, 1.82) is 0 Å². The summed E-state index contributed by atoms with van der Waals surface area (Å²) in [5.41, 5.74) is 3.67. The molecular weight excluding hydrogens is 350 g/mol. The minimum absolute atomic E-state index is 0.467. The van der Waals surface area contributed by atoms with Crippen LogP contribution in [0, 0.1) is 19.8 Å². The lowest BCUT2D eigenvalue weighted by Crippen LogP contribution is -2.42. The molecule has 0 bridgehead atoms. The topological polar surface area (TPSA) is 54.7 Å². The fraction of sp³-hybridized carbons (Fsp3) is 0.545. The van der Waals surface area contributed by atoms with Crippen LogP contribution in [0.4, 0.5) is 0 Å². The number of ether oxygens (including phenoxy) is 1. The molecule has 2 heterocycles. The van der Waals surface area contributed by atoms with Gasteiger partial charge in [-0.1, -0.05) is 19.1 Å². The van der Waals surface area contributed by atoms with Crippen LogP contribution in [0.5, 0.6) is 5.75 Å². The zero-order chi connectivity index (χ0) is 20.1. The maximum absolute atomic E-state index is 5.27. The highest BCUT2D eigenvalue weighted by atomic mass is 16.5. The molecule has 2 atom stereocenters. The quantitative estimate of drug-likeness (QED) is 0.615. The third-order valence-corrected chi connectivity index (χ3v) is 5.48. The summed E-state index contributed by atoms with van der Waals surface area (Å²) in [5, 5.41) is 8.13. The molecule has 3 rings (SSSR count). The van der Waals surface area contributed by atoms with E-state index in [1.54, 1.807) is 7.11 Å².